The second-order valence-electron chi connectivity index (χ2n) is 4.42. The molecule has 1 aromatic rings. The zero-order chi connectivity index (χ0) is 13.7. The molecule has 1 fully saturated rings. The van der Waals surface area contributed by atoms with Gasteiger partial charge in [0.2, 0.25) is 0 Å². The third-order valence-electron chi connectivity index (χ3n) is 3.05. The SMILES string of the molecule is CCCC1C(=O)N(CSc2ccccc2)SN1CC. The fourth-order valence-electron chi connectivity index (χ4n) is 2.07. The molecule has 0 N–H and O–H groups in total. The minimum Gasteiger partial charge on any atom is -0.272 e. The van der Waals surface area contributed by atoms with Crippen molar-refractivity contribution >= 4 is 29.8 Å². The van der Waals surface area contributed by atoms with Crippen LogP contribution >= 0.6 is 23.9 Å². The first-order valence-corrected chi connectivity index (χ1v) is 8.41. The molecule has 19 heavy (non-hydrogen) atoms. The van der Waals surface area contributed by atoms with Crippen molar-refractivity contribution < 1.29 is 4.79 Å². The van der Waals surface area contributed by atoms with Gasteiger partial charge in [-0.2, -0.15) is 0 Å². The molecule has 2 rings (SSSR count). The van der Waals surface area contributed by atoms with Gasteiger partial charge in [0.15, 0.2) is 0 Å². The Bertz CT molecular complexity index is 413. The molecular weight excluding hydrogens is 276 g/mol. The highest BCUT2D eigenvalue weighted by molar-refractivity contribution is 8.01. The van der Waals surface area contributed by atoms with Crippen molar-refractivity contribution in [2.75, 3.05) is 12.4 Å². The standard InChI is InChI=1S/C14H20N2OS2/c1-3-8-13-14(17)16(19-15(13)4-2)11-18-12-9-6-5-7-10-12/h5-7,9-10,13H,3-4,8,11H2,1-2H3. The van der Waals surface area contributed by atoms with E-state index in [9.17, 15) is 4.79 Å². The summed E-state index contributed by atoms with van der Waals surface area (Å²) < 4.78 is 4.08. The van der Waals surface area contributed by atoms with Crippen LogP contribution in [0.4, 0.5) is 0 Å². The summed E-state index contributed by atoms with van der Waals surface area (Å²) in [6.07, 6.45) is 2.00. The maximum atomic E-state index is 12.3. The first kappa shape index (κ1) is 14.8. The van der Waals surface area contributed by atoms with E-state index in [1.165, 1.54) is 4.90 Å². The van der Waals surface area contributed by atoms with Crippen molar-refractivity contribution in [2.24, 2.45) is 0 Å². The van der Waals surface area contributed by atoms with Gasteiger partial charge < -0.3 is 0 Å². The van der Waals surface area contributed by atoms with Crippen LogP contribution in [0.25, 0.3) is 0 Å². The van der Waals surface area contributed by atoms with Crippen LogP contribution in [-0.2, 0) is 4.79 Å². The van der Waals surface area contributed by atoms with Crippen molar-refractivity contribution in [3.05, 3.63) is 30.3 Å². The van der Waals surface area contributed by atoms with E-state index in [1.807, 2.05) is 22.5 Å². The number of rotatable bonds is 6. The zero-order valence-corrected chi connectivity index (χ0v) is 13.0. The van der Waals surface area contributed by atoms with Gasteiger partial charge in [0.25, 0.3) is 5.91 Å². The summed E-state index contributed by atoms with van der Waals surface area (Å²) in [7, 11) is 0. The van der Waals surface area contributed by atoms with Crippen LogP contribution in [-0.4, -0.2) is 33.0 Å². The van der Waals surface area contributed by atoms with Crippen LogP contribution in [0, 0.1) is 0 Å². The fraction of sp³-hybridized carbons (Fsp3) is 0.500. The lowest BCUT2D eigenvalue weighted by Gasteiger charge is -2.16. The Morgan fingerprint density at radius 1 is 1.26 bits per heavy atom. The van der Waals surface area contributed by atoms with Gasteiger partial charge in [-0.05, 0) is 18.6 Å². The van der Waals surface area contributed by atoms with Gasteiger partial charge in [-0.1, -0.05) is 38.5 Å². The molecular formula is C14H20N2OS2. The molecule has 1 amide bonds. The van der Waals surface area contributed by atoms with Crippen molar-refractivity contribution in [1.82, 2.24) is 8.61 Å². The highest BCUT2D eigenvalue weighted by Gasteiger charge is 2.38. The second kappa shape index (κ2) is 7.22. The Labute approximate surface area is 124 Å². The summed E-state index contributed by atoms with van der Waals surface area (Å²) in [5.41, 5.74) is 0. The zero-order valence-electron chi connectivity index (χ0n) is 11.4. The number of carbonyl (C=O) groups is 1. The third-order valence-corrected chi connectivity index (χ3v) is 5.43. The molecule has 0 bridgehead atoms. The smallest absolute Gasteiger partial charge is 0.252 e. The number of hydrogen-bond donors (Lipinski definition) is 0. The van der Waals surface area contributed by atoms with Crippen molar-refractivity contribution in [3.63, 3.8) is 0 Å². The molecule has 0 saturated carbocycles. The Hall–Kier alpha value is -0.650. The third kappa shape index (κ3) is 3.68. The van der Waals surface area contributed by atoms with E-state index in [-0.39, 0.29) is 11.9 Å². The molecule has 5 heteroatoms. The number of thioether (sulfide) groups is 1. The highest BCUT2D eigenvalue weighted by atomic mass is 32.2. The van der Waals surface area contributed by atoms with Gasteiger partial charge in [0.1, 0.15) is 6.04 Å². The topological polar surface area (TPSA) is 23.6 Å². The normalized spacial score (nSPS) is 20.2. The molecule has 1 heterocycles. The molecule has 0 aromatic heterocycles. The molecule has 1 unspecified atom stereocenters. The van der Waals surface area contributed by atoms with Crippen molar-refractivity contribution in [2.45, 2.75) is 37.6 Å². The minimum atomic E-state index is 0.0661. The summed E-state index contributed by atoms with van der Waals surface area (Å²) in [5, 5.41) is 0. The molecule has 3 nitrogen and oxygen atoms in total. The number of carbonyl (C=O) groups excluding carboxylic acids is 1. The van der Waals surface area contributed by atoms with Gasteiger partial charge >= 0.3 is 0 Å². The van der Waals surface area contributed by atoms with Crippen LogP contribution in [0.2, 0.25) is 0 Å². The summed E-state index contributed by atoms with van der Waals surface area (Å²) in [6.45, 7) is 5.15. The monoisotopic (exact) mass is 296 g/mol. The van der Waals surface area contributed by atoms with Gasteiger partial charge in [-0.25, -0.2) is 4.31 Å². The quantitative estimate of drug-likeness (QED) is 0.591. The maximum absolute atomic E-state index is 12.3. The predicted molar refractivity (Wildman–Crippen MR) is 82.7 cm³/mol. The average molecular weight is 296 g/mol. The molecule has 1 aromatic carbocycles. The van der Waals surface area contributed by atoms with Crippen molar-refractivity contribution in [1.29, 1.82) is 0 Å². The van der Waals surface area contributed by atoms with Gasteiger partial charge in [-0.3, -0.25) is 9.10 Å². The van der Waals surface area contributed by atoms with E-state index in [0.717, 1.165) is 19.4 Å². The number of nitrogens with zero attached hydrogens (tertiary/aromatic N) is 2. The molecule has 1 aliphatic heterocycles. The van der Waals surface area contributed by atoms with E-state index >= 15 is 0 Å². The summed E-state index contributed by atoms with van der Waals surface area (Å²) in [5.74, 6) is 0.974. The Kier molecular flexibility index (Phi) is 5.60. The highest BCUT2D eigenvalue weighted by Crippen LogP contribution is 2.34. The molecule has 104 valence electrons. The van der Waals surface area contributed by atoms with Crippen LogP contribution in [0.5, 0.6) is 0 Å². The molecule has 1 aliphatic rings. The Balaban J connectivity index is 1.92. The van der Waals surface area contributed by atoms with E-state index in [2.05, 4.69) is 30.3 Å². The lowest BCUT2D eigenvalue weighted by Crippen LogP contribution is -2.32. The summed E-state index contributed by atoms with van der Waals surface area (Å²) in [4.78, 5) is 13.5. The van der Waals surface area contributed by atoms with Crippen LogP contribution in [0.3, 0.4) is 0 Å². The van der Waals surface area contributed by atoms with Gasteiger partial charge in [0, 0.05) is 23.6 Å². The second-order valence-corrected chi connectivity index (χ2v) is 6.51. The van der Waals surface area contributed by atoms with Crippen molar-refractivity contribution in [3.8, 4) is 0 Å². The lowest BCUT2D eigenvalue weighted by atomic mass is 10.1. The van der Waals surface area contributed by atoms with Gasteiger partial charge in [-0.15, -0.1) is 11.8 Å². The van der Waals surface area contributed by atoms with E-state index in [1.54, 1.807) is 23.9 Å². The Morgan fingerprint density at radius 2 is 2.00 bits per heavy atom. The summed E-state index contributed by atoms with van der Waals surface area (Å²) >= 11 is 3.29. The summed E-state index contributed by atoms with van der Waals surface area (Å²) in [6, 6.07) is 10.3. The van der Waals surface area contributed by atoms with Crippen LogP contribution in [0.1, 0.15) is 26.7 Å². The predicted octanol–water partition coefficient (Wildman–Crippen LogP) is 3.63. The lowest BCUT2D eigenvalue weighted by molar-refractivity contribution is -0.127. The first-order chi connectivity index (χ1) is 9.26. The minimum absolute atomic E-state index is 0.0661. The van der Waals surface area contributed by atoms with E-state index in [0.29, 0.717) is 5.88 Å². The van der Waals surface area contributed by atoms with Crippen LogP contribution < -0.4 is 0 Å². The molecule has 0 aliphatic carbocycles. The molecule has 1 saturated heterocycles. The molecule has 1 atom stereocenters. The van der Waals surface area contributed by atoms with Gasteiger partial charge in [0.05, 0.1) is 5.88 Å². The molecule has 0 radical (unpaired) electrons. The first-order valence-electron chi connectivity index (χ1n) is 6.70. The number of hydrogen-bond acceptors (Lipinski definition) is 4. The van der Waals surface area contributed by atoms with Crippen LogP contribution in [0.15, 0.2) is 35.2 Å². The largest absolute Gasteiger partial charge is 0.272 e. The van der Waals surface area contributed by atoms with E-state index < -0.39 is 0 Å². The molecule has 0 spiro atoms. The average Bonchev–Trinajstić information content (AvgIpc) is 2.75. The number of benzene rings is 1. The Morgan fingerprint density at radius 3 is 2.63 bits per heavy atom. The number of amides is 1. The van der Waals surface area contributed by atoms with E-state index in [4.69, 9.17) is 0 Å². The fourth-order valence-corrected chi connectivity index (χ4v) is 4.04. The number of likely N-dealkylation sites (N-methyl/N-ethyl adjacent to an activating group) is 1. The maximum Gasteiger partial charge on any atom is 0.252 e.